The van der Waals surface area contributed by atoms with E-state index in [4.69, 9.17) is 10.2 Å². The molecule has 0 saturated heterocycles. The largest absolute Gasteiger partial charge is 0.536 e. The zero-order chi connectivity index (χ0) is 9.68. The first kappa shape index (κ1) is 9.86. The van der Waals surface area contributed by atoms with Gasteiger partial charge in [0.25, 0.3) is 0 Å². The first-order valence-corrected chi connectivity index (χ1v) is 5.04. The minimum atomic E-state index is 0.385. The van der Waals surface area contributed by atoms with Gasteiger partial charge in [0.05, 0.1) is 0 Å². The Morgan fingerprint density at radius 2 is 2.31 bits per heavy atom. The highest BCUT2D eigenvalue weighted by atomic mass is 28.2. The summed E-state index contributed by atoms with van der Waals surface area (Å²) in [4.78, 5) is 0. The molecular formula is C10H13NOSi. The van der Waals surface area contributed by atoms with E-state index in [1.54, 1.807) is 0 Å². The average Bonchev–Trinajstić information content (AvgIpc) is 2.14. The Morgan fingerprint density at radius 1 is 1.54 bits per heavy atom. The number of benzene rings is 1. The van der Waals surface area contributed by atoms with Gasteiger partial charge in [-0.2, -0.15) is 0 Å². The van der Waals surface area contributed by atoms with E-state index in [2.05, 4.69) is 0 Å². The lowest BCUT2D eigenvalue weighted by molar-refractivity contribution is 0.601. The van der Waals surface area contributed by atoms with Crippen molar-refractivity contribution in [1.82, 2.24) is 0 Å². The summed E-state index contributed by atoms with van der Waals surface area (Å²) in [6.45, 7) is 4.05. The molecule has 1 aromatic carbocycles. The summed E-state index contributed by atoms with van der Waals surface area (Å²) in [5.74, 6) is 0.833. The van der Waals surface area contributed by atoms with Crippen molar-refractivity contribution in [3.63, 3.8) is 0 Å². The maximum Gasteiger partial charge on any atom is 0.346 e. The van der Waals surface area contributed by atoms with Gasteiger partial charge in [-0.25, -0.2) is 0 Å². The van der Waals surface area contributed by atoms with Crippen LogP contribution in [-0.4, -0.2) is 9.76 Å². The maximum absolute atomic E-state index is 5.61. The van der Waals surface area contributed by atoms with E-state index in [1.807, 2.05) is 44.2 Å². The number of anilines is 1. The van der Waals surface area contributed by atoms with Crippen molar-refractivity contribution >= 4 is 15.5 Å². The lowest BCUT2D eigenvalue weighted by Crippen LogP contribution is -2.03. The van der Waals surface area contributed by atoms with Crippen LogP contribution in [0.25, 0.3) is 0 Å². The molecule has 2 nitrogen and oxygen atoms in total. The second-order valence-corrected chi connectivity index (χ2v) is 3.95. The minimum absolute atomic E-state index is 0.385. The van der Waals surface area contributed by atoms with Gasteiger partial charge in [-0.1, -0.05) is 12.1 Å². The summed E-state index contributed by atoms with van der Waals surface area (Å²) in [7, 11) is 0.385. The second-order valence-electron chi connectivity index (χ2n) is 2.75. The van der Waals surface area contributed by atoms with E-state index >= 15 is 0 Å². The molecule has 0 aliphatic carbocycles. The Morgan fingerprint density at radius 3 is 2.92 bits per heavy atom. The van der Waals surface area contributed by atoms with Crippen molar-refractivity contribution in [2.75, 3.05) is 5.73 Å². The molecule has 0 unspecified atom stereocenters. The highest BCUT2D eigenvalue weighted by molar-refractivity contribution is 6.38. The van der Waals surface area contributed by atoms with Gasteiger partial charge in [-0.3, -0.25) is 0 Å². The number of hydrogen-bond donors (Lipinski definition) is 1. The molecular weight excluding hydrogens is 178 g/mol. The van der Waals surface area contributed by atoms with Crippen LogP contribution < -0.4 is 10.2 Å². The molecule has 0 spiro atoms. The summed E-state index contributed by atoms with van der Waals surface area (Å²) in [5.41, 5.74) is 6.34. The van der Waals surface area contributed by atoms with Gasteiger partial charge in [0.2, 0.25) is 0 Å². The summed E-state index contributed by atoms with van der Waals surface area (Å²) in [5, 5.41) is 1.24. The number of nitrogens with two attached hydrogens (primary N) is 1. The van der Waals surface area contributed by atoms with Crippen LogP contribution in [0.3, 0.4) is 0 Å². The molecule has 0 heterocycles. The first-order valence-electron chi connectivity index (χ1n) is 4.13. The van der Waals surface area contributed by atoms with E-state index in [9.17, 15) is 0 Å². The van der Waals surface area contributed by atoms with E-state index < -0.39 is 0 Å². The molecule has 2 radical (unpaired) electrons. The Labute approximate surface area is 81.4 Å². The molecule has 0 atom stereocenters. The van der Waals surface area contributed by atoms with Gasteiger partial charge in [0, 0.05) is 11.8 Å². The van der Waals surface area contributed by atoms with Crippen molar-refractivity contribution in [1.29, 1.82) is 0 Å². The van der Waals surface area contributed by atoms with E-state index in [0.717, 1.165) is 11.4 Å². The monoisotopic (exact) mass is 191 g/mol. The molecule has 0 fully saturated rings. The summed E-state index contributed by atoms with van der Waals surface area (Å²) < 4.78 is 5.52. The zero-order valence-corrected chi connectivity index (χ0v) is 8.87. The van der Waals surface area contributed by atoms with Crippen LogP contribution in [0.15, 0.2) is 35.5 Å². The SMILES string of the molecule is CC=C(C)[Si]Oc1cccc(N)c1. The fourth-order valence-electron chi connectivity index (χ4n) is 0.776. The normalized spacial score (nSPS) is 11.4. The van der Waals surface area contributed by atoms with Crippen LogP contribution in [-0.2, 0) is 0 Å². The molecule has 0 bridgehead atoms. The molecule has 68 valence electrons. The number of allylic oxidation sites excluding steroid dienone is 2. The van der Waals surface area contributed by atoms with Crippen molar-refractivity contribution in [3.8, 4) is 5.75 Å². The van der Waals surface area contributed by atoms with Crippen molar-refractivity contribution in [2.24, 2.45) is 0 Å². The summed E-state index contributed by atoms with van der Waals surface area (Å²) >= 11 is 0. The van der Waals surface area contributed by atoms with Crippen molar-refractivity contribution in [3.05, 3.63) is 35.5 Å². The third kappa shape index (κ3) is 3.34. The molecule has 0 aliphatic heterocycles. The van der Waals surface area contributed by atoms with Gasteiger partial charge < -0.3 is 10.2 Å². The topological polar surface area (TPSA) is 35.2 Å². The van der Waals surface area contributed by atoms with E-state index in [0.29, 0.717) is 9.76 Å². The molecule has 0 amide bonds. The third-order valence-electron chi connectivity index (χ3n) is 1.62. The molecule has 0 saturated carbocycles. The van der Waals surface area contributed by atoms with Crippen LogP contribution >= 0.6 is 0 Å². The second kappa shape index (κ2) is 4.72. The lowest BCUT2D eigenvalue weighted by Gasteiger charge is -2.04. The Bertz CT molecular complexity index is 310. The quantitative estimate of drug-likeness (QED) is 0.587. The molecule has 2 N–H and O–H groups in total. The van der Waals surface area contributed by atoms with Crippen LogP contribution in [0.1, 0.15) is 13.8 Å². The number of nitrogen functional groups attached to an aromatic ring is 1. The fraction of sp³-hybridized carbons (Fsp3) is 0.200. The van der Waals surface area contributed by atoms with Gasteiger partial charge in [-0.05, 0) is 31.2 Å². The number of hydrogen-bond acceptors (Lipinski definition) is 2. The van der Waals surface area contributed by atoms with Gasteiger partial charge >= 0.3 is 9.76 Å². The van der Waals surface area contributed by atoms with Crippen LogP contribution in [0.2, 0.25) is 0 Å². The van der Waals surface area contributed by atoms with E-state index in [1.165, 1.54) is 5.20 Å². The van der Waals surface area contributed by atoms with Gasteiger partial charge in [0.1, 0.15) is 5.75 Å². The van der Waals surface area contributed by atoms with E-state index in [-0.39, 0.29) is 0 Å². The van der Waals surface area contributed by atoms with Gasteiger partial charge in [0.15, 0.2) is 0 Å². The lowest BCUT2D eigenvalue weighted by atomic mass is 10.3. The minimum Gasteiger partial charge on any atom is -0.536 e. The summed E-state index contributed by atoms with van der Waals surface area (Å²) in [6.07, 6.45) is 2.05. The molecule has 0 aliphatic rings. The predicted molar refractivity (Wildman–Crippen MR) is 56.7 cm³/mol. The smallest absolute Gasteiger partial charge is 0.346 e. The Hall–Kier alpha value is -1.22. The Kier molecular flexibility index (Phi) is 3.58. The van der Waals surface area contributed by atoms with Crippen molar-refractivity contribution < 1.29 is 4.43 Å². The molecule has 1 aromatic rings. The molecule has 3 heteroatoms. The summed E-state index contributed by atoms with van der Waals surface area (Å²) in [6, 6.07) is 7.47. The molecule has 0 aromatic heterocycles. The molecule has 13 heavy (non-hydrogen) atoms. The highest BCUT2D eigenvalue weighted by Gasteiger charge is 1.96. The zero-order valence-electron chi connectivity index (χ0n) is 7.87. The highest BCUT2D eigenvalue weighted by Crippen LogP contribution is 2.14. The number of rotatable bonds is 3. The maximum atomic E-state index is 5.61. The first-order chi connectivity index (χ1) is 6.22. The van der Waals surface area contributed by atoms with Crippen molar-refractivity contribution in [2.45, 2.75) is 13.8 Å². The standard InChI is InChI=1S/C10H13NOSi/c1-3-8(2)13-12-10-6-4-5-9(11)7-10/h3-7H,11H2,1-2H3. The Balaban J connectivity index is 2.55. The fourth-order valence-corrected chi connectivity index (χ4v) is 1.30. The predicted octanol–water partition coefficient (Wildman–Crippen LogP) is 2.19. The molecule has 1 rings (SSSR count). The van der Waals surface area contributed by atoms with Crippen LogP contribution in [0.4, 0.5) is 5.69 Å². The average molecular weight is 191 g/mol. The van der Waals surface area contributed by atoms with Gasteiger partial charge in [-0.15, -0.1) is 0 Å². The van der Waals surface area contributed by atoms with Crippen LogP contribution in [0, 0.1) is 0 Å². The third-order valence-corrected chi connectivity index (χ3v) is 2.57. The van der Waals surface area contributed by atoms with Crippen LogP contribution in [0.5, 0.6) is 5.75 Å².